The monoisotopic (exact) mass is 303 g/mol. The Kier molecular flexibility index (Phi) is 3.27. The summed E-state index contributed by atoms with van der Waals surface area (Å²) in [5.41, 5.74) is 0.413. The normalized spacial score (nSPS) is 23.4. The van der Waals surface area contributed by atoms with Crippen LogP contribution in [0.25, 0.3) is 0 Å². The second-order valence-corrected chi connectivity index (χ2v) is 5.53. The van der Waals surface area contributed by atoms with Crippen LogP contribution in [0.3, 0.4) is 0 Å². The summed E-state index contributed by atoms with van der Waals surface area (Å²) < 4.78 is 5.14. The van der Waals surface area contributed by atoms with Crippen LogP contribution in [-0.4, -0.2) is 41.9 Å². The van der Waals surface area contributed by atoms with Gasteiger partial charge in [0.15, 0.2) is 0 Å². The molecule has 2 heterocycles. The minimum absolute atomic E-state index is 0.150. The summed E-state index contributed by atoms with van der Waals surface area (Å²) in [4.78, 5) is 37.6. The first kappa shape index (κ1) is 14.4. The van der Waals surface area contributed by atoms with Crippen LogP contribution in [0.15, 0.2) is 18.2 Å². The van der Waals surface area contributed by atoms with Crippen LogP contribution in [0.2, 0.25) is 0 Å². The van der Waals surface area contributed by atoms with Gasteiger partial charge in [0.05, 0.1) is 13.7 Å². The predicted octanol–water partition coefficient (Wildman–Crippen LogP) is 0.639. The third kappa shape index (κ3) is 2.09. The first-order valence-electron chi connectivity index (χ1n) is 7.09. The Balaban J connectivity index is 1.84. The molecule has 1 fully saturated rings. The first-order valence-corrected chi connectivity index (χ1v) is 7.09. The van der Waals surface area contributed by atoms with Gasteiger partial charge < -0.3 is 15.0 Å². The molecular weight excluding hydrogens is 286 g/mol. The van der Waals surface area contributed by atoms with E-state index in [-0.39, 0.29) is 18.4 Å². The number of rotatable bonds is 4. The maximum absolute atomic E-state index is 12.5. The van der Waals surface area contributed by atoms with E-state index in [2.05, 4.69) is 10.6 Å². The van der Waals surface area contributed by atoms with Gasteiger partial charge >= 0.3 is 6.03 Å². The number of carbonyl (C=O) groups is 3. The van der Waals surface area contributed by atoms with Crippen molar-refractivity contribution in [3.05, 3.63) is 29.3 Å². The molecule has 0 aromatic heterocycles. The Morgan fingerprint density at radius 1 is 1.32 bits per heavy atom. The fourth-order valence-corrected chi connectivity index (χ4v) is 2.92. The lowest BCUT2D eigenvalue weighted by Gasteiger charge is -2.29. The van der Waals surface area contributed by atoms with E-state index in [1.54, 1.807) is 24.1 Å². The van der Waals surface area contributed by atoms with E-state index < -0.39 is 11.6 Å². The largest absolute Gasteiger partial charge is 0.497 e. The van der Waals surface area contributed by atoms with Gasteiger partial charge in [0.1, 0.15) is 11.3 Å². The summed E-state index contributed by atoms with van der Waals surface area (Å²) in [6.07, 6.45) is 0.411. The van der Waals surface area contributed by atoms with E-state index in [0.717, 1.165) is 5.56 Å². The molecule has 116 valence electrons. The highest BCUT2D eigenvalue weighted by Gasteiger charge is 2.47. The van der Waals surface area contributed by atoms with Crippen molar-refractivity contribution >= 4 is 17.8 Å². The summed E-state index contributed by atoms with van der Waals surface area (Å²) in [5, 5.41) is 4.89. The second kappa shape index (κ2) is 5.01. The number of hydrogen-bond acceptors (Lipinski definition) is 4. The SMILES string of the molecule is CC[C@]1(CN2Cc3ccc(OC)cc3C2=O)NC(=O)NC1=O. The number of carbonyl (C=O) groups excluding carboxylic acids is 3. The third-order valence-electron chi connectivity index (χ3n) is 4.27. The van der Waals surface area contributed by atoms with Crippen LogP contribution in [0.5, 0.6) is 5.75 Å². The molecule has 0 radical (unpaired) electrons. The maximum atomic E-state index is 12.5. The molecule has 0 aliphatic carbocycles. The van der Waals surface area contributed by atoms with Crippen LogP contribution in [0.1, 0.15) is 29.3 Å². The zero-order chi connectivity index (χ0) is 15.9. The van der Waals surface area contributed by atoms with Gasteiger partial charge in [-0.1, -0.05) is 13.0 Å². The van der Waals surface area contributed by atoms with E-state index in [0.29, 0.717) is 24.3 Å². The van der Waals surface area contributed by atoms with Gasteiger partial charge in [0.2, 0.25) is 0 Å². The molecule has 1 saturated heterocycles. The molecule has 7 heteroatoms. The van der Waals surface area contributed by atoms with Crippen molar-refractivity contribution in [3.8, 4) is 5.75 Å². The Morgan fingerprint density at radius 2 is 2.09 bits per heavy atom. The van der Waals surface area contributed by atoms with Crippen molar-refractivity contribution in [1.29, 1.82) is 0 Å². The van der Waals surface area contributed by atoms with Crippen molar-refractivity contribution in [1.82, 2.24) is 15.5 Å². The zero-order valence-electron chi connectivity index (χ0n) is 12.4. The second-order valence-electron chi connectivity index (χ2n) is 5.53. The Morgan fingerprint density at radius 3 is 2.68 bits per heavy atom. The van der Waals surface area contributed by atoms with E-state index in [1.165, 1.54) is 0 Å². The highest BCUT2D eigenvalue weighted by Crippen LogP contribution is 2.29. The van der Waals surface area contributed by atoms with Gasteiger partial charge in [-0.2, -0.15) is 0 Å². The number of nitrogens with one attached hydrogen (secondary N) is 2. The van der Waals surface area contributed by atoms with Crippen LogP contribution in [0, 0.1) is 0 Å². The molecule has 1 aromatic carbocycles. The van der Waals surface area contributed by atoms with E-state index >= 15 is 0 Å². The highest BCUT2D eigenvalue weighted by atomic mass is 16.5. The minimum atomic E-state index is -1.06. The van der Waals surface area contributed by atoms with Gasteiger partial charge in [-0.05, 0) is 24.1 Å². The molecule has 7 nitrogen and oxygen atoms in total. The number of fused-ring (bicyclic) bond motifs is 1. The maximum Gasteiger partial charge on any atom is 0.322 e. The van der Waals surface area contributed by atoms with Gasteiger partial charge in [-0.3, -0.25) is 14.9 Å². The molecule has 0 bridgehead atoms. The summed E-state index contributed by atoms with van der Waals surface area (Å²) in [6.45, 7) is 2.38. The smallest absolute Gasteiger partial charge is 0.322 e. The molecule has 1 aromatic rings. The Labute approximate surface area is 127 Å². The average molecular weight is 303 g/mol. The number of urea groups is 1. The van der Waals surface area contributed by atoms with Crippen molar-refractivity contribution in [2.75, 3.05) is 13.7 Å². The van der Waals surface area contributed by atoms with Crippen molar-refractivity contribution in [3.63, 3.8) is 0 Å². The lowest BCUT2D eigenvalue weighted by Crippen LogP contribution is -2.54. The number of benzene rings is 1. The summed E-state index contributed by atoms with van der Waals surface area (Å²) in [5.74, 6) is 0.0723. The number of imide groups is 1. The molecule has 0 unspecified atom stereocenters. The number of nitrogens with zero attached hydrogens (tertiary/aromatic N) is 1. The molecule has 2 N–H and O–H groups in total. The van der Waals surface area contributed by atoms with Crippen LogP contribution in [0.4, 0.5) is 4.79 Å². The molecule has 22 heavy (non-hydrogen) atoms. The fraction of sp³-hybridized carbons (Fsp3) is 0.400. The van der Waals surface area contributed by atoms with Crippen LogP contribution in [-0.2, 0) is 11.3 Å². The first-order chi connectivity index (χ1) is 10.5. The van der Waals surface area contributed by atoms with Gasteiger partial charge in [-0.25, -0.2) is 4.79 Å². The summed E-state index contributed by atoms with van der Waals surface area (Å²) >= 11 is 0. The molecule has 0 spiro atoms. The molecule has 3 rings (SSSR count). The fourth-order valence-electron chi connectivity index (χ4n) is 2.92. The van der Waals surface area contributed by atoms with Crippen LogP contribution >= 0.6 is 0 Å². The summed E-state index contributed by atoms with van der Waals surface area (Å²) in [7, 11) is 1.55. The molecule has 2 aliphatic heterocycles. The van der Waals surface area contributed by atoms with Gasteiger partial charge in [0, 0.05) is 12.1 Å². The zero-order valence-corrected chi connectivity index (χ0v) is 12.4. The van der Waals surface area contributed by atoms with Crippen molar-refractivity contribution in [2.45, 2.75) is 25.4 Å². The quantitative estimate of drug-likeness (QED) is 0.799. The topological polar surface area (TPSA) is 87.7 Å². The molecular formula is C15H17N3O4. The third-order valence-corrected chi connectivity index (χ3v) is 4.27. The number of amides is 4. The Hall–Kier alpha value is -2.57. The molecule has 2 aliphatic rings. The number of hydrogen-bond donors (Lipinski definition) is 2. The van der Waals surface area contributed by atoms with Crippen molar-refractivity contribution in [2.24, 2.45) is 0 Å². The Bertz CT molecular complexity index is 673. The lowest BCUT2D eigenvalue weighted by atomic mass is 9.96. The number of methoxy groups -OCH3 is 1. The molecule has 0 saturated carbocycles. The van der Waals surface area contributed by atoms with Crippen molar-refractivity contribution < 1.29 is 19.1 Å². The van der Waals surface area contributed by atoms with E-state index in [1.807, 2.05) is 13.0 Å². The molecule has 4 amide bonds. The van der Waals surface area contributed by atoms with Gasteiger partial charge in [-0.15, -0.1) is 0 Å². The van der Waals surface area contributed by atoms with Gasteiger partial charge in [0.25, 0.3) is 11.8 Å². The lowest BCUT2D eigenvalue weighted by molar-refractivity contribution is -0.124. The predicted molar refractivity (Wildman–Crippen MR) is 77.4 cm³/mol. The standard InChI is InChI=1S/C15H17N3O4/c1-3-15(13(20)16-14(21)17-15)8-18-7-9-4-5-10(22-2)6-11(9)12(18)19/h4-6H,3,7-8H2,1-2H3,(H2,16,17,20,21)/t15-/m1/s1. The van der Waals surface area contributed by atoms with E-state index in [9.17, 15) is 14.4 Å². The number of ether oxygens (including phenoxy) is 1. The average Bonchev–Trinajstić information content (AvgIpc) is 2.96. The highest BCUT2D eigenvalue weighted by molar-refractivity contribution is 6.08. The van der Waals surface area contributed by atoms with Crippen LogP contribution < -0.4 is 15.4 Å². The molecule has 1 atom stereocenters. The van der Waals surface area contributed by atoms with E-state index in [4.69, 9.17) is 4.74 Å². The minimum Gasteiger partial charge on any atom is -0.497 e. The summed E-state index contributed by atoms with van der Waals surface area (Å²) in [6, 6.07) is 4.83.